The fourth-order valence-electron chi connectivity index (χ4n) is 2.98. The van der Waals surface area contributed by atoms with Gasteiger partial charge in [0.25, 0.3) is 5.91 Å². The summed E-state index contributed by atoms with van der Waals surface area (Å²) in [5, 5.41) is 2.60. The summed E-state index contributed by atoms with van der Waals surface area (Å²) in [6.45, 7) is 2.84. The molecule has 0 bridgehead atoms. The second-order valence-electron chi connectivity index (χ2n) is 6.85. The molecule has 8 nitrogen and oxygen atoms in total. The maximum atomic E-state index is 12.5. The van der Waals surface area contributed by atoms with Crippen LogP contribution in [0.2, 0.25) is 0 Å². The van der Waals surface area contributed by atoms with Gasteiger partial charge >= 0.3 is 5.97 Å². The number of nitrogens with zero attached hydrogens (tertiary/aromatic N) is 1. The van der Waals surface area contributed by atoms with E-state index in [1.807, 2.05) is 0 Å². The molecule has 30 heavy (non-hydrogen) atoms. The van der Waals surface area contributed by atoms with Crippen LogP contribution in [0.15, 0.2) is 48.5 Å². The van der Waals surface area contributed by atoms with Crippen molar-refractivity contribution in [3.63, 3.8) is 0 Å². The molecule has 3 rings (SSSR count). The van der Waals surface area contributed by atoms with Crippen molar-refractivity contribution in [3.05, 3.63) is 59.7 Å². The molecule has 1 heterocycles. The van der Waals surface area contributed by atoms with Crippen molar-refractivity contribution < 1.29 is 28.7 Å². The quantitative estimate of drug-likeness (QED) is 0.447. The minimum absolute atomic E-state index is 0.109. The fourth-order valence-corrected chi connectivity index (χ4v) is 2.98. The largest absolute Gasteiger partial charge is 0.449 e. The van der Waals surface area contributed by atoms with Crippen LogP contribution >= 0.6 is 0 Å². The summed E-state index contributed by atoms with van der Waals surface area (Å²) >= 11 is 0. The summed E-state index contributed by atoms with van der Waals surface area (Å²) in [6, 6.07) is 12.3. The molecule has 8 heteroatoms. The van der Waals surface area contributed by atoms with Crippen LogP contribution in [0.5, 0.6) is 0 Å². The first-order valence-electron chi connectivity index (χ1n) is 9.35. The topological polar surface area (TPSA) is 110 Å². The molecule has 0 radical (unpaired) electrons. The lowest BCUT2D eigenvalue weighted by molar-refractivity contribution is -0.124. The third-order valence-corrected chi connectivity index (χ3v) is 4.58. The number of Topliss-reactive ketones (excluding diaryl/α,β-unsaturated/α-hetero) is 1. The molecular formula is C22H20N2O6. The van der Waals surface area contributed by atoms with Gasteiger partial charge in [-0.3, -0.25) is 24.1 Å². The molecule has 2 aromatic carbocycles. The van der Waals surface area contributed by atoms with Crippen molar-refractivity contribution in [2.75, 3.05) is 10.2 Å². The smallest absolute Gasteiger partial charge is 0.338 e. The Labute approximate surface area is 172 Å². The molecule has 0 aliphatic carbocycles. The normalized spacial score (nSPS) is 14.4. The van der Waals surface area contributed by atoms with Crippen LogP contribution in [-0.2, 0) is 19.1 Å². The van der Waals surface area contributed by atoms with E-state index in [2.05, 4.69) is 5.32 Å². The number of ketones is 1. The van der Waals surface area contributed by atoms with Crippen LogP contribution in [0, 0.1) is 0 Å². The fraction of sp³-hybridized carbons (Fsp3) is 0.227. The molecule has 1 fully saturated rings. The van der Waals surface area contributed by atoms with Gasteiger partial charge in [0.15, 0.2) is 11.9 Å². The second-order valence-corrected chi connectivity index (χ2v) is 6.85. The zero-order valence-electron chi connectivity index (χ0n) is 16.5. The first-order chi connectivity index (χ1) is 14.3. The number of carbonyl (C=O) groups is 5. The van der Waals surface area contributed by atoms with E-state index >= 15 is 0 Å². The van der Waals surface area contributed by atoms with Crippen molar-refractivity contribution in [1.29, 1.82) is 0 Å². The van der Waals surface area contributed by atoms with E-state index in [1.165, 1.54) is 38.1 Å². The number of imide groups is 1. The Morgan fingerprint density at radius 1 is 0.967 bits per heavy atom. The van der Waals surface area contributed by atoms with Gasteiger partial charge in [0.2, 0.25) is 11.8 Å². The molecule has 1 atom stereocenters. The average Bonchev–Trinajstić information content (AvgIpc) is 3.06. The number of rotatable bonds is 6. The summed E-state index contributed by atoms with van der Waals surface area (Å²) < 4.78 is 5.21. The Kier molecular flexibility index (Phi) is 6.06. The number of nitrogens with one attached hydrogen (secondary N) is 1. The van der Waals surface area contributed by atoms with E-state index in [1.54, 1.807) is 24.3 Å². The standard InChI is InChI=1S/C22H20N2O6/c1-13(25)15-5-3-7-17(11-15)23-21(28)14(2)30-22(29)16-6-4-8-18(12-16)24-19(26)9-10-20(24)27/h3-8,11-12,14H,9-10H2,1-2H3,(H,23,28)/t14-/m1/s1. The molecule has 0 unspecified atom stereocenters. The third-order valence-electron chi connectivity index (χ3n) is 4.58. The molecule has 3 amide bonds. The highest BCUT2D eigenvalue weighted by Crippen LogP contribution is 2.24. The summed E-state index contributed by atoms with van der Waals surface area (Å²) in [7, 11) is 0. The van der Waals surface area contributed by atoms with E-state index < -0.39 is 18.0 Å². The van der Waals surface area contributed by atoms with E-state index in [0.29, 0.717) is 11.3 Å². The first kappa shape index (κ1) is 20.9. The lowest BCUT2D eigenvalue weighted by Gasteiger charge is -2.16. The number of anilines is 2. The van der Waals surface area contributed by atoms with Crippen molar-refractivity contribution in [3.8, 4) is 0 Å². The SMILES string of the molecule is CC(=O)c1cccc(NC(=O)[C@@H](C)OC(=O)c2cccc(N3C(=O)CCC3=O)c2)c1. The Hall–Kier alpha value is -3.81. The second kappa shape index (κ2) is 8.69. The van der Waals surface area contributed by atoms with E-state index in [4.69, 9.17) is 4.74 Å². The highest BCUT2D eigenvalue weighted by molar-refractivity contribution is 6.20. The van der Waals surface area contributed by atoms with Crippen molar-refractivity contribution in [2.24, 2.45) is 0 Å². The predicted octanol–water partition coefficient (Wildman–Crippen LogP) is 2.73. The molecular weight excluding hydrogens is 388 g/mol. The van der Waals surface area contributed by atoms with Crippen LogP contribution in [0.25, 0.3) is 0 Å². The van der Waals surface area contributed by atoms with E-state index in [9.17, 15) is 24.0 Å². The predicted molar refractivity (Wildman–Crippen MR) is 108 cm³/mol. The number of hydrogen-bond acceptors (Lipinski definition) is 6. The van der Waals surface area contributed by atoms with E-state index in [0.717, 1.165) is 4.90 Å². The molecule has 2 aromatic rings. The van der Waals surface area contributed by atoms with Crippen LogP contribution in [0.3, 0.4) is 0 Å². The molecule has 0 aromatic heterocycles. The van der Waals surface area contributed by atoms with Crippen LogP contribution in [-0.4, -0.2) is 35.6 Å². The molecule has 0 spiro atoms. The van der Waals surface area contributed by atoms with Crippen molar-refractivity contribution >= 4 is 40.8 Å². The first-order valence-corrected chi connectivity index (χ1v) is 9.35. The maximum absolute atomic E-state index is 12.5. The van der Waals surface area contributed by atoms with Gasteiger partial charge in [-0.05, 0) is 44.2 Å². The van der Waals surface area contributed by atoms with Gasteiger partial charge in [-0.15, -0.1) is 0 Å². The molecule has 1 aliphatic rings. The van der Waals surface area contributed by atoms with Crippen molar-refractivity contribution in [1.82, 2.24) is 0 Å². The third kappa shape index (κ3) is 4.60. The number of esters is 1. The Bertz CT molecular complexity index is 1030. The van der Waals surface area contributed by atoms with Gasteiger partial charge in [-0.25, -0.2) is 4.79 Å². The monoisotopic (exact) mass is 408 g/mol. The minimum Gasteiger partial charge on any atom is -0.449 e. The van der Waals surface area contributed by atoms with Crippen LogP contribution in [0.1, 0.15) is 47.4 Å². The lowest BCUT2D eigenvalue weighted by atomic mass is 10.1. The van der Waals surface area contributed by atoms with Gasteiger partial charge in [0.1, 0.15) is 0 Å². The molecule has 154 valence electrons. The minimum atomic E-state index is -1.11. The number of benzene rings is 2. The molecule has 1 N–H and O–H groups in total. The van der Waals surface area contributed by atoms with Gasteiger partial charge in [0, 0.05) is 24.1 Å². The summed E-state index contributed by atoms with van der Waals surface area (Å²) in [4.78, 5) is 61.1. The number of ether oxygens (including phenoxy) is 1. The van der Waals surface area contributed by atoms with Gasteiger partial charge < -0.3 is 10.1 Å². The maximum Gasteiger partial charge on any atom is 0.338 e. The number of amides is 3. The zero-order chi connectivity index (χ0) is 21.8. The van der Waals surface area contributed by atoms with Crippen LogP contribution < -0.4 is 10.2 Å². The zero-order valence-corrected chi connectivity index (χ0v) is 16.5. The molecule has 1 saturated heterocycles. The number of hydrogen-bond donors (Lipinski definition) is 1. The lowest BCUT2D eigenvalue weighted by Crippen LogP contribution is -2.30. The summed E-state index contributed by atoms with van der Waals surface area (Å²) in [5.74, 6) is -2.13. The van der Waals surface area contributed by atoms with Gasteiger partial charge in [-0.1, -0.05) is 18.2 Å². The Balaban J connectivity index is 1.67. The highest BCUT2D eigenvalue weighted by Gasteiger charge is 2.30. The Morgan fingerprint density at radius 2 is 1.60 bits per heavy atom. The molecule has 1 aliphatic heterocycles. The van der Waals surface area contributed by atoms with Gasteiger partial charge in [-0.2, -0.15) is 0 Å². The van der Waals surface area contributed by atoms with E-state index in [-0.39, 0.29) is 41.7 Å². The Morgan fingerprint density at radius 3 is 2.27 bits per heavy atom. The average molecular weight is 408 g/mol. The van der Waals surface area contributed by atoms with Crippen LogP contribution in [0.4, 0.5) is 11.4 Å². The molecule has 0 saturated carbocycles. The van der Waals surface area contributed by atoms with Gasteiger partial charge in [0.05, 0.1) is 11.3 Å². The summed E-state index contributed by atoms with van der Waals surface area (Å²) in [6.07, 6.45) is -0.845. The van der Waals surface area contributed by atoms with Crippen molar-refractivity contribution in [2.45, 2.75) is 32.8 Å². The number of carbonyl (C=O) groups excluding carboxylic acids is 5. The summed E-state index contributed by atoms with van der Waals surface area (Å²) in [5.41, 5.74) is 1.25. The highest BCUT2D eigenvalue weighted by atomic mass is 16.5.